The zero-order valence-corrected chi connectivity index (χ0v) is 17.0. The first kappa shape index (κ1) is 19.6. The van der Waals surface area contributed by atoms with Crippen LogP contribution < -0.4 is 5.32 Å². The summed E-state index contributed by atoms with van der Waals surface area (Å²) in [6.45, 7) is 3.76. The molecule has 0 fully saturated rings. The van der Waals surface area contributed by atoms with Crippen LogP contribution in [-0.4, -0.2) is 31.6 Å². The first-order valence-corrected chi connectivity index (χ1v) is 9.82. The molecule has 6 nitrogen and oxygen atoms in total. The second-order valence-corrected chi connectivity index (χ2v) is 7.82. The second kappa shape index (κ2) is 8.59. The number of methoxy groups -OCH3 is 1. The number of carbonyl (C=O) groups is 3. The quantitative estimate of drug-likeness (QED) is 0.662. The van der Waals surface area contributed by atoms with Crippen molar-refractivity contribution in [1.29, 1.82) is 0 Å². The lowest BCUT2D eigenvalue weighted by atomic mass is 10.1. The molecule has 0 bridgehead atoms. The summed E-state index contributed by atoms with van der Waals surface area (Å²) in [5.74, 6) is -1.50. The highest BCUT2D eigenvalue weighted by Crippen LogP contribution is 2.35. The summed E-state index contributed by atoms with van der Waals surface area (Å²) in [6.07, 6.45) is 0.670. The van der Waals surface area contributed by atoms with Crippen LogP contribution >= 0.6 is 38.6 Å². The van der Waals surface area contributed by atoms with E-state index in [9.17, 15) is 14.4 Å². The highest BCUT2D eigenvalue weighted by atomic mass is 79.9. The van der Waals surface area contributed by atoms with Crippen LogP contribution in [0.3, 0.4) is 0 Å². The van der Waals surface area contributed by atoms with Crippen molar-refractivity contribution in [2.24, 2.45) is 0 Å². The number of hydrogen-bond acceptors (Lipinski definition) is 7. The van der Waals surface area contributed by atoms with Crippen molar-refractivity contribution in [1.82, 2.24) is 0 Å². The van der Waals surface area contributed by atoms with E-state index in [1.165, 1.54) is 18.4 Å². The molecule has 2 heterocycles. The molecule has 2 aromatic heterocycles. The summed E-state index contributed by atoms with van der Waals surface area (Å²) in [4.78, 5) is 37.4. The molecule has 9 heteroatoms. The van der Waals surface area contributed by atoms with Crippen LogP contribution in [-0.2, 0) is 9.47 Å². The molecule has 0 unspecified atom stereocenters. The van der Waals surface area contributed by atoms with Crippen LogP contribution in [0.2, 0.25) is 0 Å². The maximum Gasteiger partial charge on any atom is 0.348 e. The van der Waals surface area contributed by atoms with Crippen molar-refractivity contribution in [2.45, 2.75) is 20.3 Å². The number of halogens is 1. The highest BCUT2D eigenvalue weighted by Gasteiger charge is 2.27. The third-order valence-corrected chi connectivity index (χ3v) is 6.05. The first-order valence-electron chi connectivity index (χ1n) is 7.33. The third-order valence-electron chi connectivity index (χ3n) is 3.18. The molecule has 0 aromatic carbocycles. The van der Waals surface area contributed by atoms with Gasteiger partial charge in [0.15, 0.2) is 0 Å². The maximum atomic E-state index is 12.4. The van der Waals surface area contributed by atoms with Gasteiger partial charge in [0, 0.05) is 9.85 Å². The summed E-state index contributed by atoms with van der Waals surface area (Å²) in [5, 5.41) is 4.75. The van der Waals surface area contributed by atoms with Gasteiger partial charge in [0.2, 0.25) is 0 Å². The first-order chi connectivity index (χ1) is 11.9. The Morgan fingerprint density at radius 3 is 2.56 bits per heavy atom. The molecule has 2 rings (SSSR count). The fourth-order valence-corrected chi connectivity index (χ4v) is 4.43. The number of thiophene rings is 2. The lowest BCUT2D eigenvalue weighted by molar-refractivity contribution is 0.0506. The van der Waals surface area contributed by atoms with E-state index in [1.54, 1.807) is 18.4 Å². The normalized spacial score (nSPS) is 10.4. The van der Waals surface area contributed by atoms with Crippen LogP contribution in [0, 0.1) is 6.92 Å². The van der Waals surface area contributed by atoms with Gasteiger partial charge in [0.1, 0.15) is 9.88 Å². The Balaban J connectivity index is 2.38. The molecule has 0 atom stereocenters. The maximum absolute atomic E-state index is 12.4. The average molecular weight is 446 g/mol. The SMILES string of the molecule is CCCOC(=O)c1c(NC(=O)c2cc(Br)cs2)sc(C(=O)OC)c1C. The van der Waals surface area contributed by atoms with Crippen LogP contribution in [0.1, 0.15) is 48.6 Å². The molecular weight excluding hydrogens is 430 g/mol. The van der Waals surface area contributed by atoms with E-state index in [2.05, 4.69) is 21.2 Å². The number of ether oxygens (including phenoxy) is 2. The van der Waals surface area contributed by atoms with E-state index >= 15 is 0 Å². The predicted molar refractivity (Wildman–Crippen MR) is 101 cm³/mol. The Kier molecular flexibility index (Phi) is 6.74. The smallest absolute Gasteiger partial charge is 0.348 e. The Morgan fingerprint density at radius 1 is 1.28 bits per heavy atom. The van der Waals surface area contributed by atoms with Crippen molar-refractivity contribution in [3.8, 4) is 0 Å². The van der Waals surface area contributed by atoms with Crippen LogP contribution in [0.25, 0.3) is 0 Å². The molecule has 0 radical (unpaired) electrons. The number of esters is 2. The van der Waals surface area contributed by atoms with Gasteiger partial charge in [-0.1, -0.05) is 6.92 Å². The Morgan fingerprint density at radius 2 is 2.00 bits per heavy atom. The largest absolute Gasteiger partial charge is 0.465 e. The van der Waals surface area contributed by atoms with Crippen LogP contribution in [0.5, 0.6) is 0 Å². The fraction of sp³-hybridized carbons (Fsp3) is 0.312. The van der Waals surface area contributed by atoms with E-state index in [0.717, 1.165) is 15.8 Å². The number of hydrogen-bond donors (Lipinski definition) is 1. The minimum absolute atomic E-state index is 0.183. The second-order valence-electron chi connectivity index (χ2n) is 4.97. The topological polar surface area (TPSA) is 81.7 Å². The molecule has 2 aromatic rings. The minimum atomic E-state index is -0.576. The monoisotopic (exact) mass is 445 g/mol. The molecule has 0 spiro atoms. The molecule has 0 aliphatic rings. The van der Waals surface area contributed by atoms with Crippen LogP contribution in [0.4, 0.5) is 5.00 Å². The number of anilines is 1. The zero-order valence-electron chi connectivity index (χ0n) is 13.8. The molecule has 0 aliphatic carbocycles. The van der Waals surface area contributed by atoms with Gasteiger partial charge >= 0.3 is 11.9 Å². The lowest BCUT2D eigenvalue weighted by Gasteiger charge is -2.07. The van der Waals surface area contributed by atoms with Gasteiger partial charge in [0.05, 0.1) is 24.2 Å². The van der Waals surface area contributed by atoms with E-state index in [1.807, 2.05) is 6.92 Å². The number of amides is 1. The number of carbonyl (C=O) groups excluding carboxylic acids is 3. The lowest BCUT2D eigenvalue weighted by Crippen LogP contribution is -2.14. The standard InChI is InChI=1S/C16H16BrNO5S2/c1-4-5-23-15(20)11-8(2)12(16(21)22-3)25-14(11)18-13(19)10-6-9(17)7-24-10/h6-7H,4-5H2,1-3H3,(H,18,19). The molecule has 0 aliphatic heterocycles. The van der Waals surface area contributed by atoms with Gasteiger partial charge in [-0.2, -0.15) is 0 Å². The van der Waals surface area contributed by atoms with Crippen molar-refractivity contribution >= 4 is 61.5 Å². The molecule has 1 amide bonds. The van der Waals surface area contributed by atoms with E-state index in [4.69, 9.17) is 9.47 Å². The third kappa shape index (κ3) is 4.47. The Hall–Kier alpha value is -1.71. The van der Waals surface area contributed by atoms with Gasteiger partial charge < -0.3 is 14.8 Å². The molecule has 1 N–H and O–H groups in total. The molecule has 134 valence electrons. The average Bonchev–Trinajstić information content (AvgIpc) is 3.15. The van der Waals surface area contributed by atoms with Crippen molar-refractivity contribution < 1.29 is 23.9 Å². The van der Waals surface area contributed by atoms with E-state index < -0.39 is 11.9 Å². The summed E-state index contributed by atoms with van der Waals surface area (Å²) in [5.41, 5.74) is 0.614. The zero-order chi connectivity index (χ0) is 18.6. The minimum Gasteiger partial charge on any atom is -0.465 e. The van der Waals surface area contributed by atoms with Gasteiger partial charge in [0.25, 0.3) is 5.91 Å². The van der Waals surface area contributed by atoms with Crippen molar-refractivity contribution in [2.75, 3.05) is 19.0 Å². The van der Waals surface area contributed by atoms with Crippen molar-refractivity contribution in [3.63, 3.8) is 0 Å². The summed E-state index contributed by atoms with van der Waals surface area (Å²) >= 11 is 5.55. The molecule has 0 saturated heterocycles. The van der Waals surface area contributed by atoms with E-state index in [-0.39, 0.29) is 28.0 Å². The Bertz CT molecular complexity index is 812. The van der Waals surface area contributed by atoms with Gasteiger partial charge in [-0.25, -0.2) is 9.59 Å². The van der Waals surface area contributed by atoms with Gasteiger partial charge in [-0.15, -0.1) is 22.7 Å². The van der Waals surface area contributed by atoms with Crippen LogP contribution in [0.15, 0.2) is 15.9 Å². The number of rotatable bonds is 6. The summed E-state index contributed by atoms with van der Waals surface area (Å²) < 4.78 is 10.7. The van der Waals surface area contributed by atoms with Gasteiger partial charge in [-0.3, -0.25) is 4.79 Å². The highest BCUT2D eigenvalue weighted by molar-refractivity contribution is 9.10. The number of nitrogens with one attached hydrogen (secondary N) is 1. The van der Waals surface area contributed by atoms with Gasteiger partial charge in [-0.05, 0) is 40.9 Å². The summed E-state index contributed by atoms with van der Waals surface area (Å²) in [7, 11) is 1.26. The Labute approximate surface area is 161 Å². The van der Waals surface area contributed by atoms with E-state index in [0.29, 0.717) is 16.9 Å². The van der Waals surface area contributed by atoms with Crippen molar-refractivity contribution in [3.05, 3.63) is 36.8 Å². The fourth-order valence-electron chi connectivity index (χ4n) is 2.00. The predicted octanol–water partition coefficient (Wildman–Crippen LogP) is 4.49. The summed E-state index contributed by atoms with van der Waals surface area (Å²) in [6, 6.07) is 1.68. The molecule has 25 heavy (non-hydrogen) atoms. The molecule has 0 saturated carbocycles. The molecular formula is C16H16BrNO5S2.